The summed E-state index contributed by atoms with van der Waals surface area (Å²) in [6.45, 7) is 5.98. The third-order valence-electron chi connectivity index (χ3n) is 1.71. The highest BCUT2D eigenvalue weighted by Gasteiger charge is 2.16. The number of nitrogens with zero attached hydrogens (tertiary/aromatic N) is 2. The third kappa shape index (κ3) is 4.22. The summed E-state index contributed by atoms with van der Waals surface area (Å²) < 4.78 is 7.52. The van der Waals surface area contributed by atoms with Crippen LogP contribution in [0.4, 0.5) is 5.82 Å². The molecule has 0 spiro atoms. The highest BCUT2D eigenvalue weighted by atomic mass is 79.9. The first kappa shape index (κ1) is 13.0. The Labute approximate surface area is 103 Å². The van der Waals surface area contributed by atoms with Crippen molar-refractivity contribution in [3.05, 3.63) is 10.7 Å². The summed E-state index contributed by atoms with van der Waals surface area (Å²) in [7, 11) is 0. The number of nitrogen functional groups attached to an aromatic ring is 1. The molecule has 0 saturated carbocycles. The normalized spacial score (nSPS) is 11.5. The fraction of sp³-hybridized carbons (Fsp3) is 0.600. The summed E-state index contributed by atoms with van der Waals surface area (Å²) in [5.74, 6) is 0.182. The van der Waals surface area contributed by atoms with Crippen molar-refractivity contribution in [2.75, 3.05) is 5.73 Å². The summed E-state index contributed by atoms with van der Waals surface area (Å²) in [5, 5.41) is 4.02. The molecule has 16 heavy (non-hydrogen) atoms. The molecule has 0 amide bonds. The molecule has 0 atom stereocenters. The molecule has 0 bridgehead atoms. The Hall–Kier alpha value is -1.04. The Balaban J connectivity index is 2.43. The highest BCUT2D eigenvalue weighted by molar-refractivity contribution is 9.10. The Bertz CT molecular complexity index is 362. The van der Waals surface area contributed by atoms with Crippen molar-refractivity contribution in [3.63, 3.8) is 0 Å². The van der Waals surface area contributed by atoms with Crippen molar-refractivity contribution in [3.8, 4) is 0 Å². The van der Waals surface area contributed by atoms with E-state index in [0.29, 0.717) is 12.4 Å². The van der Waals surface area contributed by atoms with Gasteiger partial charge in [0, 0.05) is 6.20 Å². The lowest BCUT2D eigenvalue weighted by Gasteiger charge is -2.19. The number of carbonyl (C=O) groups is 1. The molecule has 1 rings (SSSR count). The lowest BCUT2D eigenvalue weighted by molar-refractivity contribution is -0.155. The molecule has 90 valence electrons. The average Bonchev–Trinajstić information content (AvgIpc) is 2.40. The fourth-order valence-corrected chi connectivity index (χ4v) is 1.44. The lowest BCUT2D eigenvalue weighted by atomic mass is 10.2. The van der Waals surface area contributed by atoms with E-state index in [0.717, 1.165) is 4.47 Å². The van der Waals surface area contributed by atoms with Crippen molar-refractivity contribution in [2.24, 2.45) is 0 Å². The molecule has 0 saturated heterocycles. The predicted molar refractivity (Wildman–Crippen MR) is 64.8 cm³/mol. The summed E-state index contributed by atoms with van der Waals surface area (Å²) in [6.07, 6.45) is 2.02. The summed E-state index contributed by atoms with van der Waals surface area (Å²) >= 11 is 3.25. The van der Waals surface area contributed by atoms with E-state index in [4.69, 9.17) is 10.5 Å². The first-order chi connectivity index (χ1) is 7.28. The van der Waals surface area contributed by atoms with Crippen molar-refractivity contribution in [1.29, 1.82) is 0 Å². The number of hydrogen-bond donors (Lipinski definition) is 1. The van der Waals surface area contributed by atoms with Gasteiger partial charge in [-0.3, -0.25) is 9.48 Å². The van der Waals surface area contributed by atoms with Gasteiger partial charge in [-0.2, -0.15) is 5.10 Å². The number of hydrogen-bond acceptors (Lipinski definition) is 4. The topological polar surface area (TPSA) is 70.1 Å². The summed E-state index contributed by atoms with van der Waals surface area (Å²) in [4.78, 5) is 11.4. The second-order valence-corrected chi connectivity index (χ2v) is 5.32. The lowest BCUT2D eigenvalue weighted by Crippen LogP contribution is -2.24. The maximum atomic E-state index is 11.4. The SMILES string of the molecule is CC(C)(C)OC(=O)CCn1cc(Br)c(N)n1. The molecule has 1 heterocycles. The molecule has 1 aromatic rings. The minimum absolute atomic E-state index is 0.238. The molecule has 0 aromatic carbocycles. The number of rotatable bonds is 3. The molecule has 0 unspecified atom stereocenters. The number of ether oxygens (including phenoxy) is 1. The van der Waals surface area contributed by atoms with E-state index < -0.39 is 5.60 Å². The van der Waals surface area contributed by atoms with Crippen LogP contribution in [0.15, 0.2) is 10.7 Å². The first-order valence-electron chi connectivity index (χ1n) is 4.98. The van der Waals surface area contributed by atoms with Crippen LogP contribution < -0.4 is 5.73 Å². The van der Waals surface area contributed by atoms with E-state index in [1.165, 1.54) is 0 Å². The molecule has 0 fully saturated rings. The van der Waals surface area contributed by atoms with Crippen molar-refractivity contribution >= 4 is 27.7 Å². The number of halogens is 1. The van der Waals surface area contributed by atoms with E-state index in [1.807, 2.05) is 20.8 Å². The van der Waals surface area contributed by atoms with Crippen molar-refractivity contribution < 1.29 is 9.53 Å². The van der Waals surface area contributed by atoms with Gasteiger partial charge in [0.1, 0.15) is 5.60 Å². The molecular weight excluding hydrogens is 274 g/mol. The van der Waals surface area contributed by atoms with Crippen LogP contribution in [0.1, 0.15) is 27.2 Å². The van der Waals surface area contributed by atoms with Crippen LogP contribution >= 0.6 is 15.9 Å². The minimum Gasteiger partial charge on any atom is -0.460 e. The van der Waals surface area contributed by atoms with Gasteiger partial charge in [-0.15, -0.1) is 0 Å². The van der Waals surface area contributed by atoms with Gasteiger partial charge in [-0.05, 0) is 36.7 Å². The van der Waals surface area contributed by atoms with Gasteiger partial charge in [-0.25, -0.2) is 0 Å². The Morgan fingerprint density at radius 3 is 2.69 bits per heavy atom. The number of esters is 1. The van der Waals surface area contributed by atoms with Gasteiger partial charge in [0.2, 0.25) is 0 Å². The molecule has 6 heteroatoms. The largest absolute Gasteiger partial charge is 0.460 e. The first-order valence-corrected chi connectivity index (χ1v) is 5.77. The molecule has 0 aliphatic rings. The second kappa shape index (κ2) is 4.86. The molecule has 2 N–H and O–H groups in total. The van der Waals surface area contributed by atoms with Crippen molar-refractivity contribution in [1.82, 2.24) is 9.78 Å². The zero-order valence-electron chi connectivity index (χ0n) is 9.66. The third-order valence-corrected chi connectivity index (χ3v) is 2.32. The zero-order valence-corrected chi connectivity index (χ0v) is 11.2. The van der Waals surface area contributed by atoms with Crippen LogP contribution in [0.2, 0.25) is 0 Å². The van der Waals surface area contributed by atoms with E-state index in [2.05, 4.69) is 21.0 Å². The van der Waals surface area contributed by atoms with Crippen LogP contribution in [0, 0.1) is 0 Å². The standard InChI is InChI=1S/C10H16BrN3O2/c1-10(2,3)16-8(15)4-5-14-6-7(11)9(12)13-14/h6H,4-5H2,1-3H3,(H2,12,13). The molecule has 0 radical (unpaired) electrons. The number of nitrogens with two attached hydrogens (primary N) is 1. The number of anilines is 1. The quantitative estimate of drug-likeness (QED) is 0.864. The molecule has 5 nitrogen and oxygen atoms in total. The highest BCUT2D eigenvalue weighted by Crippen LogP contribution is 2.16. The van der Waals surface area contributed by atoms with Gasteiger partial charge in [0.15, 0.2) is 5.82 Å². The van der Waals surface area contributed by atoms with Gasteiger partial charge in [0.05, 0.1) is 17.4 Å². The maximum absolute atomic E-state index is 11.4. The van der Waals surface area contributed by atoms with Gasteiger partial charge in [-0.1, -0.05) is 0 Å². The molecule has 0 aliphatic carbocycles. The van der Waals surface area contributed by atoms with Crippen LogP contribution in [0.5, 0.6) is 0 Å². The van der Waals surface area contributed by atoms with E-state index >= 15 is 0 Å². The number of carbonyl (C=O) groups excluding carboxylic acids is 1. The fourth-order valence-electron chi connectivity index (χ4n) is 1.12. The second-order valence-electron chi connectivity index (χ2n) is 4.46. The van der Waals surface area contributed by atoms with Gasteiger partial charge >= 0.3 is 5.97 Å². The molecule has 1 aromatic heterocycles. The number of aryl methyl sites for hydroxylation is 1. The van der Waals surface area contributed by atoms with Gasteiger partial charge < -0.3 is 10.5 Å². The number of aromatic nitrogens is 2. The Kier molecular flexibility index (Phi) is 3.96. The van der Waals surface area contributed by atoms with Crippen LogP contribution in [-0.2, 0) is 16.1 Å². The zero-order chi connectivity index (χ0) is 12.3. The average molecular weight is 290 g/mol. The van der Waals surface area contributed by atoms with Crippen LogP contribution in [0.3, 0.4) is 0 Å². The summed E-state index contributed by atoms with van der Waals surface area (Å²) in [5.41, 5.74) is 5.11. The Morgan fingerprint density at radius 2 is 2.25 bits per heavy atom. The maximum Gasteiger partial charge on any atom is 0.308 e. The molecule has 0 aliphatic heterocycles. The van der Waals surface area contributed by atoms with E-state index in [9.17, 15) is 4.79 Å². The van der Waals surface area contributed by atoms with E-state index in [-0.39, 0.29) is 12.4 Å². The van der Waals surface area contributed by atoms with Crippen LogP contribution in [0.25, 0.3) is 0 Å². The predicted octanol–water partition coefficient (Wildman–Crippen LogP) is 1.96. The smallest absolute Gasteiger partial charge is 0.308 e. The Morgan fingerprint density at radius 1 is 1.62 bits per heavy atom. The minimum atomic E-state index is -0.444. The monoisotopic (exact) mass is 289 g/mol. The molecular formula is C10H16BrN3O2. The van der Waals surface area contributed by atoms with Crippen LogP contribution in [-0.4, -0.2) is 21.4 Å². The summed E-state index contributed by atoms with van der Waals surface area (Å²) in [6, 6.07) is 0. The van der Waals surface area contributed by atoms with Crippen molar-refractivity contribution in [2.45, 2.75) is 39.3 Å². The van der Waals surface area contributed by atoms with Gasteiger partial charge in [0.25, 0.3) is 0 Å². The van der Waals surface area contributed by atoms with E-state index in [1.54, 1.807) is 10.9 Å².